The maximum atomic E-state index is 13.0. The summed E-state index contributed by atoms with van der Waals surface area (Å²) in [6.07, 6.45) is 0. The summed E-state index contributed by atoms with van der Waals surface area (Å²) in [5, 5.41) is 5.36. The smallest absolute Gasteiger partial charge is 0.329 e. The molecule has 1 aromatic heterocycles. The molecule has 1 unspecified atom stereocenters. The Balaban J connectivity index is 1.40. The summed E-state index contributed by atoms with van der Waals surface area (Å²) in [5.41, 5.74) is 1.74. The lowest BCUT2D eigenvalue weighted by Gasteiger charge is -2.26. The van der Waals surface area contributed by atoms with Crippen LogP contribution in [0.4, 0.5) is 0 Å². The number of nitrogens with zero attached hydrogens (tertiary/aromatic N) is 2. The highest BCUT2D eigenvalue weighted by molar-refractivity contribution is 7.89. The van der Waals surface area contributed by atoms with Crippen molar-refractivity contribution < 1.29 is 27.5 Å². The zero-order valence-electron chi connectivity index (χ0n) is 20.6. The average molecular weight is 544 g/mol. The lowest BCUT2D eigenvalue weighted by molar-refractivity contribution is -0.148. The van der Waals surface area contributed by atoms with Gasteiger partial charge in [-0.1, -0.05) is 50.2 Å². The molecule has 0 saturated carbocycles. The van der Waals surface area contributed by atoms with Crippen LogP contribution in [-0.4, -0.2) is 61.9 Å². The van der Waals surface area contributed by atoms with Gasteiger partial charge < -0.3 is 14.8 Å². The number of benzene rings is 2. The SMILES string of the molecule is CC(C)C(NC(=O)c1cccc(S(=O)(=O)N2CCOCC2)c1)C(=O)OCc1csc(-c2ccccc2)n1. The summed E-state index contributed by atoms with van der Waals surface area (Å²) in [6, 6.07) is 14.6. The molecule has 1 aliphatic heterocycles. The molecule has 0 radical (unpaired) electrons. The quantitative estimate of drug-likeness (QED) is 0.412. The summed E-state index contributed by atoms with van der Waals surface area (Å²) < 4.78 is 38.0. The minimum atomic E-state index is -3.76. The Morgan fingerprint density at radius 3 is 2.54 bits per heavy atom. The van der Waals surface area contributed by atoms with E-state index in [1.807, 2.05) is 35.7 Å². The van der Waals surface area contributed by atoms with Crippen LogP contribution in [0.1, 0.15) is 29.9 Å². The Kier molecular flexibility index (Phi) is 8.70. The monoisotopic (exact) mass is 543 g/mol. The molecule has 1 atom stereocenters. The highest BCUT2D eigenvalue weighted by atomic mass is 32.2. The Labute approximate surface area is 220 Å². The fourth-order valence-electron chi connectivity index (χ4n) is 3.78. The van der Waals surface area contributed by atoms with Crippen LogP contribution in [0.25, 0.3) is 10.6 Å². The summed E-state index contributed by atoms with van der Waals surface area (Å²) >= 11 is 1.46. The predicted molar refractivity (Wildman–Crippen MR) is 139 cm³/mol. The van der Waals surface area contributed by atoms with Crippen molar-refractivity contribution in [2.45, 2.75) is 31.4 Å². The lowest BCUT2D eigenvalue weighted by atomic mass is 10.0. The van der Waals surface area contributed by atoms with Gasteiger partial charge in [0.1, 0.15) is 17.7 Å². The van der Waals surface area contributed by atoms with Crippen molar-refractivity contribution in [3.63, 3.8) is 0 Å². The summed E-state index contributed by atoms with van der Waals surface area (Å²) in [6.45, 7) is 4.73. The fourth-order valence-corrected chi connectivity index (χ4v) is 6.04. The van der Waals surface area contributed by atoms with E-state index in [1.54, 1.807) is 13.8 Å². The second-order valence-electron chi connectivity index (χ2n) is 8.86. The van der Waals surface area contributed by atoms with E-state index in [0.717, 1.165) is 10.6 Å². The lowest BCUT2D eigenvalue weighted by Crippen LogP contribution is -2.45. The van der Waals surface area contributed by atoms with Gasteiger partial charge in [-0.2, -0.15) is 4.31 Å². The second-order valence-corrected chi connectivity index (χ2v) is 11.7. The van der Waals surface area contributed by atoms with E-state index in [4.69, 9.17) is 9.47 Å². The number of carbonyl (C=O) groups excluding carboxylic acids is 2. The first-order valence-corrected chi connectivity index (χ1v) is 14.2. The number of thiazole rings is 1. The summed E-state index contributed by atoms with van der Waals surface area (Å²) in [7, 11) is -3.76. The molecule has 3 aromatic rings. The Hall–Kier alpha value is -3.12. The van der Waals surface area contributed by atoms with E-state index < -0.39 is 27.9 Å². The predicted octanol–water partition coefficient (Wildman–Crippen LogP) is 3.33. The van der Waals surface area contributed by atoms with Crippen molar-refractivity contribution in [1.29, 1.82) is 0 Å². The third-order valence-electron chi connectivity index (χ3n) is 5.85. The molecular formula is C26H29N3O6S2. The van der Waals surface area contributed by atoms with Crippen LogP contribution in [-0.2, 0) is 30.9 Å². The average Bonchev–Trinajstić information content (AvgIpc) is 3.40. The zero-order chi connectivity index (χ0) is 26.4. The van der Waals surface area contributed by atoms with E-state index in [1.165, 1.54) is 39.9 Å². The van der Waals surface area contributed by atoms with Crippen molar-refractivity contribution in [2.75, 3.05) is 26.3 Å². The molecule has 1 aliphatic rings. The molecule has 0 bridgehead atoms. The van der Waals surface area contributed by atoms with E-state index in [-0.39, 0.29) is 36.1 Å². The Morgan fingerprint density at radius 2 is 1.84 bits per heavy atom. The van der Waals surface area contributed by atoms with E-state index in [9.17, 15) is 18.0 Å². The molecule has 1 amide bonds. The first-order chi connectivity index (χ1) is 17.8. The minimum Gasteiger partial charge on any atom is -0.458 e. The van der Waals surface area contributed by atoms with Crippen molar-refractivity contribution in [2.24, 2.45) is 5.92 Å². The van der Waals surface area contributed by atoms with Gasteiger partial charge in [0.2, 0.25) is 10.0 Å². The van der Waals surface area contributed by atoms with Gasteiger partial charge in [-0.3, -0.25) is 4.79 Å². The van der Waals surface area contributed by atoms with Crippen molar-refractivity contribution in [1.82, 2.24) is 14.6 Å². The number of sulfonamides is 1. The summed E-state index contributed by atoms with van der Waals surface area (Å²) in [5.74, 6) is -1.41. The number of hydrogen-bond acceptors (Lipinski definition) is 8. The van der Waals surface area contributed by atoms with Crippen LogP contribution >= 0.6 is 11.3 Å². The topological polar surface area (TPSA) is 115 Å². The van der Waals surface area contributed by atoms with Gasteiger partial charge in [0.05, 0.1) is 23.8 Å². The number of hydrogen-bond donors (Lipinski definition) is 1. The van der Waals surface area contributed by atoms with E-state index in [2.05, 4.69) is 10.3 Å². The van der Waals surface area contributed by atoms with Gasteiger partial charge in [0, 0.05) is 29.6 Å². The van der Waals surface area contributed by atoms with Crippen LogP contribution in [0.2, 0.25) is 0 Å². The molecule has 196 valence electrons. The van der Waals surface area contributed by atoms with Gasteiger partial charge >= 0.3 is 5.97 Å². The normalized spacial score (nSPS) is 15.3. The zero-order valence-corrected chi connectivity index (χ0v) is 22.3. The highest BCUT2D eigenvalue weighted by Crippen LogP contribution is 2.24. The van der Waals surface area contributed by atoms with Gasteiger partial charge in [-0.15, -0.1) is 11.3 Å². The minimum absolute atomic E-state index is 0.0171. The van der Waals surface area contributed by atoms with Gasteiger partial charge in [-0.05, 0) is 24.1 Å². The third-order valence-corrected chi connectivity index (χ3v) is 8.68. The molecule has 2 aromatic carbocycles. The van der Waals surface area contributed by atoms with Gasteiger partial charge in [-0.25, -0.2) is 18.2 Å². The molecule has 1 fully saturated rings. The first-order valence-electron chi connectivity index (χ1n) is 11.9. The molecule has 1 saturated heterocycles. The number of esters is 1. The maximum absolute atomic E-state index is 13.0. The maximum Gasteiger partial charge on any atom is 0.329 e. The molecular weight excluding hydrogens is 514 g/mol. The number of aromatic nitrogens is 1. The van der Waals surface area contributed by atoms with Gasteiger partial charge in [0.15, 0.2) is 0 Å². The fraction of sp³-hybridized carbons (Fsp3) is 0.346. The van der Waals surface area contributed by atoms with E-state index in [0.29, 0.717) is 18.9 Å². The molecule has 4 rings (SSSR count). The molecule has 2 heterocycles. The number of rotatable bonds is 9. The molecule has 1 N–H and O–H groups in total. The first kappa shape index (κ1) is 26.9. The Bertz CT molecular complexity index is 1340. The molecule has 9 nitrogen and oxygen atoms in total. The van der Waals surface area contributed by atoms with Crippen LogP contribution in [0, 0.1) is 5.92 Å². The largest absolute Gasteiger partial charge is 0.458 e. The number of nitrogens with one attached hydrogen (secondary N) is 1. The third kappa shape index (κ3) is 6.61. The highest BCUT2D eigenvalue weighted by Gasteiger charge is 2.29. The van der Waals surface area contributed by atoms with Crippen molar-refractivity contribution in [3.8, 4) is 10.6 Å². The van der Waals surface area contributed by atoms with Crippen molar-refractivity contribution >= 4 is 33.2 Å². The molecule has 11 heteroatoms. The number of ether oxygens (including phenoxy) is 2. The molecule has 37 heavy (non-hydrogen) atoms. The van der Waals surface area contributed by atoms with Gasteiger partial charge in [0.25, 0.3) is 5.91 Å². The Morgan fingerprint density at radius 1 is 1.11 bits per heavy atom. The number of amides is 1. The van der Waals surface area contributed by atoms with E-state index >= 15 is 0 Å². The van der Waals surface area contributed by atoms with Crippen LogP contribution in [0.3, 0.4) is 0 Å². The standard InChI is InChI=1S/C26H29N3O6S2/c1-18(2)23(26(31)35-16-21-17-36-25(27-21)19-7-4-3-5-8-19)28-24(30)20-9-6-10-22(15-20)37(32,33)29-11-13-34-14-12-29/h3-10,15,17-18,23H,11-14,16H2,1-2H3,(H,28,30). The van der Waals surface area contributed by atoms with Crippen LogP contribution < -0.4 is 5.32 Å². The molecule has 0 spiro atoms. The van der Waals surface area contributed by atoms with Crippen molar-refractivity contribution in [3.05, 3.63) is 71.2 Å². The summed E-state index contributed by atoms with van der Waals surface area (Å²) in [4.78, 5) is 30.4. The van der Waals surface area contributed by atoms with Crippen LogP contribution in [0.5, 0.6) is 0 Å². The number of carbonyl (C=O) groups is 2. The number of morpholine rings is 1. The second kappa shape index (κ2) is 12.0. The molecule has 0 aliphatic carbocycles. The van der Waals surface area contributed by atoms with Crippen LogP contribution in [0.15, 0.2) is 64.9 Å².